The van der Waals surface area contributed by atoms with Gasteiger partial charge in [-0.2, -0.15) is 0 Å². The highest BCUT2D eigenvalue weighted by molar-refractivity contribution is 5.83. The van der Waals surface area contributed by atoms with Gasteiger partial charge in [-0.15, -0.1) is 0 Å². The van der Waals surface area contributed by atoms with Crippen molar-refractivity contribution in [2.45, 2.75) is 19.9 Å². The first-order chi connectivity index (χ1) is 11.6. The van der Waals surface area contributed by atoms with Gasteiger partial charge in [-0.3, -0.25) is 0 Å². The van der Waals surface area contributed by atoms with Gasteiger partial charge in [0.2, 0.25) is 0 Å². The fraction of sp³-hybridized carbons (Fsp3) is 0.250. The second kappa shape index (κ2) is 8.64. The summed E-state index contributed by atoms with van der Waals surface area (Å²) in [5.41, 5.74) is 2.63. The molecule has 0 radical (unpaired) electrons. The Balaban J connectivity index is 2.24. The number of hydrogen-bond acceptors (Lipinski definition) is 4. The van der Waals surface area contributed by atoms with Gasteiger partial charge in [-0.25, -0.2) is 4.79 Å². The smallest absolute Gasteiger partial charge is 0.341 e. The van der Waals surface area contributed by atoms with Gasteiger partial charge in [0, 0.05) is 11.3 Å². The summed E-state index contributed by atoms with van der Waals surface area (Å²) in [4.78, 5) is 12.2. The molecule has 0 aliphatic heterocycles. The van der Waals surface area contributed by atoms with E-state index in [4.69, 9.17) is 9.47 Å². The number of anilines is 1. The number of carbonyl (C=O) groups is 1. The number of esters is 1. The lowest BCUT2D eigenvalue weighted by Gasteiger charge is -2.15. The number of methoxy groups -OCH3 is 1. The Labute approximate surface area is 142 Å². The molecule has 0 amide bonds. The number of rotatable bonds is 5. The molecule has 0 saturated heterocycles. The van der Waals surface area contributed by atoms with Crippen LogP contribution in [0.1, 0.15) is 18.1 Å². The Hall–Kier alpha value is -2.93. The van der Waals surface area contributed by atoms with Crippen molar-refractivity contribution in [3.63, 3.8) is 0 Å². The average molecular weight is 323 g/mol. The van der Waals surface area contributed by atoms with Gasteiger partial charge < -0.3 is 14.8 Å². The quantitative estimate of drug-likeness (QED) is 0.677. The van der Waals surface area contributed by atoms with E-state index in [1.54, 1.807) is 14.0 Å². The molecule has 0 spiro atoms. The Morgan fingerprint density at radius 1 is 1.21 bits per heavy atom. The standard InChI is InChI=1S/C20H21NO3/c1-4-24-20(22)19(12-10-16-8-6-5-7-9-16)21-18-13-11-17(23-3)14-15(18)2/h5-9,11,13-14,19,21H,4H2,1-3H3. The number of hydrogen-bond donors (Lipinski definition) is 1. The van der Waals surface area contributed by atoms with Gasteiger partial charge in [-0.1, -0.05) is 30.0 Å². The summed E-state index contributed by atoms with van der Waals surface area (Å²) < 4.78 is 10.3. The van der Waals surface area contributed by atoms with Gasteiger partial charge in [0.1, 0.15) is 5.75 Å². The Morgan fingerprint density at radius 2 is 1.96 bits per heavy atom. The molecule has 1 unspecified atom stereocenters. The predicted octanol–water partition coefficient (Wildman–Crippen LogP) is 3.40. The van der Waals surface area contributed by atoms with Crippen molar-refractivity contribution in [1.29, 1.82) is 0 Å². The molecular weight excluding hydrogens is 302 g/mol. The molecule has 124 valence electrons. The Bertz CT molecular complexity index is 744. The third-order valence-corrected chi connectivity index (χ3v) is 3.39. The topological polar surface area (TPSA) is 47.6 Å². The van der Waals surface area contributed by atoms with Crippen molar-refractivity contribution in [3.8, 4) is 17.6 Å². The van der Waals surface area contributed by atoms with Crippen molar-refractivity contribution in [3.05, 3.63) is 59.7 Å². The van der Waals surface area contributed by atoms with Crippen LogP contribution in [-0.4, -0.2) is 25.7 Å². The summed E-state index contributed by atoms with van der Waals surface area (Å²) in [5, 5.41) is 3.15. The van der Waals surface area contributed by atoms with Crippen molar-refractivity contribution in [2.75, 3.05) is 19.0 Å². The van der Waals surface area contributed by atoms with Crippen LogP contribution in [0.5, 0.6) is 5.75 Å². The number of aryl methyl sites for hydroxylation is 1. The average Bonchev–Trinajstić information content (AvgIpc) is 2.60. The van der Waals surface area contributed by atoms with Crippen molar-refractivity contribution in [1.82, 2.24) is 0 Å². The fourth-order valence-electron chi connectivity index (χ4n) is 2.14. The largest absolute Gasteiger partial charge is 0.497 e. The van der Waals surface area contributed by atoms with Crippen LogP contribution < -0.4 is 10.1 Å². The van der Waals surface area contributed by atoms with Gasteiger partial charge in [-0.05, 0) is 49.7 Å². The maximum absolute atomic E-state index is 12.2. The molecular formula is C20H21NO3. The van der Waals surface area contributed by atoms with E-state index in [0.29, 0.717) is 6.61 Å². The number of benzene rings is 2. The minimum Gasteiger partial charge on any atom is -0.497 e. The van der Waals surface area contributed by atoms with Gasteiger partial charge in [0.25, 0.3) is 0 Å². The highest BCUT2D eigenvalue weighted by Crippen LogP contribution is 2.21. The maximum atomic E-state index is 12.2. The maximum Gasteiger partial charge on any atom is 0.341 e. The molecule has 1 atom stereocenters. The monoisotopic (exact) mass is 323 g/mol. The van der Waals surface area contributed by atoms with Crippen LogP contribution >= 0.6 is 0 Å². The summed E-state index contributed by atoms with van der Waals surface area (Å²) in [6.07, 6.45) is 0. The van der Waals surface area contributed by atoms with E-state index in [1.165, 1.54) is 0 Å². The van der Waals surface area contributed by atoms with Crippen LogP contribution in [0.15, 0.2) is 48.5 Å². The molecule has 4 nitrogen and oxygen atoms in total. The third kappa shape index (κ3) is 4.79. The van der Waals surface area contributed by atoms with Crippen molar-refractivity contribution in [2.24, 2.45) is 0 Å². The summed E-state index contributed by atoms with van der Waals surface area (Å²) >= 11 is 0. The second-order valence-corrected chi connectivity index (χ2v) is 5.15. The molecule has 0 aromatic heterocycles. The number of ether oxygens (including phenoxy) is 2. The lowest BCUT2D eigenvalue weighted by atomic mass is 10.1. The first-order valence-corrected chi connectivity index (χ1v) is 7.78. The molecule has 0 saturated carbocycles. The lowest BCUT2D eigenvalue weighted by molar-refractivity contribution is -0.142. The molecule has 0 fully saturated rings. The second-order valence-electron chi connectivity index (χ2n) is 5.15. The van der Waals surface area contributed by atoms with Gasteiger partial charge in [0.05, 0.1) is 13.7 Å². The molecule has 4 heteroatoms. The van der Waals surface area contributed by atoms with Crippen molar-refractivity contribution >= 4 is 11.7 Å². The first-order valence-electron chi connectivity index (χ1n) is 7.78. The zero-order chi connectivity index (χ0) is 17.4. The first kappa shape index (κ1) is 17.4. The molecule has 2 aromatic rings. The highest BCUT2D eigenvalue weighted by atomic mass is 16.5. The normalized spacial score (nSPS) is 11.0. The van der Waals surface area contributed by atoms with Crippen LogP contribution in [0.3, 0.4) is 0 Å². The molecule has 2 aromatic carbocycles. The fourth-order valence-corrected chi connectivity index (χ4v) is 2.14. The molecule has 0 heterocycles. The summed E-state index contributed by atoms with van der Waals surface area (Å²) in [5.74, 6) is 6.34. The summed E-state index contributed by atoms with van der Waals surface area (Å²) in [6, 6.07) is 14.4. The molecule has 0 aliphatic carbocycles. The molecule has 2 rings (SSSR count). The van der Waals surface area contributed by atoms with E-state index in [9.17, 15) is 4.79 Å². The van der Waals surface area contributed by atoms with E-state index in [2.05, 4.69) is 17.2 Å². The minimum absolute atomic E-state index is 0.311. The highest BCUT2D eigenvalue weighted by Gasteiger charge is 2.18. The van der Waals surface area contributed by atoms with Crippen molar-refractivity contribution < 1.29 is 14.3 Å². The SMILES string of the molecule is CCOC(=O)C(C#Cc1ccccc1)Nc1ccc(OC)cc1C. The summed E-state index contributed by atoms with van der Waals surface area (Å²) in [7, 11) is 1.62. The van der Waals surface area contributed by atoms with Gasteiger partial charge >= 0.3 is 5.97 Å². The molecule has 0 bridgehead atoms. The van der Waals surface area contributed by atoms with E-state index < -0.39 is 12.0 Å². The van der Waals surface area contributed by atoms with E-state index in [0.717, 1.165) is 22.6 Å². The predicted molar refractivity (Wildman–Crippen MR) is 95.1 cm³/mol. The molecule has 1 N–H and O–H groups in total. The number of carbonyl (C=O) groups excluding carboxylic acids is 1. The van der Waals surface area contributed by atoms with Gasteiger partial charge in [0.15, 0.2) is 6.04 Å². The van der Waals surface area contributed by atoms with E-state index in [-0.39, 0.29) is 0 Å². The third-order valence-electron chi connectivity index (χ3n) is 3.39. The van der Waals surface area contributed by atoms with Crippen LogP contribution in [0.25, 0.3) is 0 Å². The minimum atomic E-state index is -0.739. The Kier molecular flexibility index (Phi) is 6.27. The van der Waals surface area contributed by atoms with E-state index in [1.807, 2.05) is 55.5 Å². The zero-order valence-corrected chi connectivity index (χ0v) is 14.1. The van der Waals surface area contributed by atoms with E-state index >= 15 is 0 Å². The van der Waals surface area contributed by atoms with Crippen LogP contribution in [0.2, 0.25) is 0 Å². The molecule has 24 heavy (non-hydrogen) atoms. The van der Waals surface area contributed by atoms with Crippen LogP contribution in [-0.2, 0) is 9.53 Å². The number of nitrogens with one attached hydrogen (secondary N) is 1. The lowest BCUT2D eigenvalue weighted by Crippen LogP contribution is -2.30. The Morgan fingerprint density at radius 3 is 2.58 bits per heavy atom. The van der Waals surface area contributed by atoms with Crippen LogP contribution in [0.4, 0.5) is 5.69 Å². The summed E-state index contributed by atoms with van der Waals surface area (Å²) in [6.45, 7) is 4.03. The molecule has 0 aliphatic rings. The van der Waals surface area contributed by atoms with Crippen LogP contribution in [0, 0.1) is 18.8 Å². The zero-order valence-electron chi connectivity index (χ0n) is 14.1.